The van der Waals surface area contributed by atoms with E-state index >= 15 is 0 Å². The van der Waals surface area contributed by atoms with E-state index in [2.05, 4.69) is 13.8 Å². The lowest BCUT2D eigenvalue weighted by Crippen LogP contribution is -2.56. The second kappa shape index (κ2) is 7.35. The molecule has 160 valence electrons. The number of fused-ring (bicyclic) bond motifs is 5. The summed E-state index contributed by atoms with van der Waals surface area (Å²) < 4.78 is 5.52. The van der Waals surface area contributed by atoms with Gasteiger partial charge in [-0.1, -0.05) is 13.8 Å². The van der Waals surface area contributed by atoms with Crippen LogP contribution >= 0.6 is 0 Å². The Morgan fingerprint density at radius 2 is 1.75 bits per heavy atom. The Morgan fingerprint density at radius 3 is 2.46 bits per heavy atom. The van der Waals surface area contributed by atoms with Gasteiger partial charge >= 0.3 is 0 Å². The maximum absolute atomic E-state index is 12.3. The van der Waals surface area contributed by atoms with Gasteiger partial charge in [0.15, 0.2) is 0 Å². The number of aliphatic hydroxyl groups excluding tert-OH is 1. The maximum Gasteiger partial charge on any atom is 0.133 e. The van der Waals surface area contributed by atoms with Crippen molar-refractivity contribution in [2.45, 2.75) is 84.2 Å². The zero-order valence-electron chi connectivity index (χ0n) is 18.1. The summed E-state index contributed by atoms with van der Waals surface area (Å²) >= 11 is 0. The van der Waals surface area contributed by atoms with Gasteiger partial charge in [0.05, 0.1) is 25.4 Å². The van der Waals surface area contributed by atoms with E-state index < -0.39 is 5.60 Å². The lowest BCUT2D eigenvalue weighted by atomic mass is 9.44. The second-order valence-corrected chi connectivity index (χ2v) is 11.1. The molecule has 28 heavy (non-hydrogen) atoms. The third-order valence-electron chi connectivity index (χ3n) is 9.92. The topological polar surface area (TPSA) is 66.8 Å². The first-order valence-corrected chi connectivity index (χ1v) is 11.6. The van der Waals surface area contributed by atoms with Gasteiger partial charge in [0.2, 0.25) is 0 Å². The number of aliphatic hydroxyl groups is 2. The van der Waals surface area contributed by atoms with Crippen molar-refractivity contribution >= 4 is 5.78 Å². The minimum absolute atomic E-state index is 0.0163. The Labute approximate surface area is 170 Å². The average Bonchev–Trinajstić information content (AvgIpc) is 3.00. The number of hydrogen-bond donors (Lipinski definition) is 2. The van der Waals surface area contributed by atoms with Crippen LogP contribution in [0.3, 0.4) is 0 Å². The molecule has 2 N–H and O–H groups in total. The number of ketones is 1. The van der Waals surface area contributed by atoms with Crippen molar-refractivity contribution in [3.8, 4) is 0 Å². The molecule has 4 rings (SSSR count). The largest absolute Gasteiger partial charge is 0.394 e. The third-order valence-corrected chi connectivity index (χ3v) is 9.92. The summed E-state index contributed by atoms with van der Waals surface area (Å²) in [4.78, 5) is 12.3. The molecular weight excluding hydrogens is 352 g/mol. The molecule has 0 bridgehead atoms. The Balaban J connectivity index is 1.50. The minimum atomic E-state index is -0.720. The fourth-order valence-corrected chi connectivity index (χ4v) is 8.45. The zero-order chi connectivity index (χ0) is 20.2. The van der Waals surface area contributed by atoms with Gasteiger partial charge in [-0.05, 0) is 99.2 Å². The molecule has 0 spiro atoms. The standard InChI is InChI=1S/C24H40O4/c1-16(26)19-6-7-20-18-5-4-17-14-24(27,15-28-13-12-25)11-10-22(17,2)21(18)8-9-23(19,20)3/h17-21,25,27H,4-15H2,1-3H3/t17?,18-,19+,20-,21-,22-,23+,24?/m0/s1. The van der Waals surface area contributed by atoms with Gasteiger partial charge < -0.3 is 14.9 Å². The highest BCUT2D eigenvalue weighted by atomic mass is 16.5. The first kappa shape index (κ1) is 20.8. The lowest BCUT2D eigenvalue weighted by molar-refractivity contribution is -0.167. The normalized spacial score (nSPS) is 50.5. The number of carbonyl (C=O) groups excluding carboxylic acids is 1. The van der Waals surface area contributed by atoms with Gasteiger partial charge in [-0.2, -0.15) is 0 Å². The molecule has 0 saturated heterocycles. The Hall–Kier alpha value is -0.450. The molecule has 4 saturated carbocycles. The molecule has 0 aromatic heterocycles. The van der Waals surface area contributed by atoms with Crippen LogP contribution < -0.4 is 0 Å². The molecule has 4 aliphatic rings. The monoisotopic (exact) mass is 392 g/mol. The van der Waals surface area contributed by atoms with E-state index in [0.717, 1.165) is 37.5 Å². The van der Waals surface area contributed by atoms with Crippen molar-refractivity contribution in [3.63, 3.8) is 0 Å². The molecule has 4 heteroatoms. The van der Waals surface area contributed by atoms with E-state index in [1.165, 1.54) is 32.1 Å². The van der Waals surface area contributed by atoms with Gasteiger partial charge in [0.25, 0.3) is 0 Å². The molecule has 0 aromatic carbocycles. The number of ether oxygens (including phenoxy) is 1. The Kier molecular flexibility index (Phi) is 5.46. The fraction of sp³-hybridized carbons (Fsp3) is 0.958. The molecular formula is C24H40O4. The van der Waals surface area contributed by atoms with Crippen LogP contribution in [-0.2, 0) is 9.53 Å². The van der Waals surface area contributed by atoms with Crippen LogP contribution in [0, 0.1) is 40.4 Å². The van der Waals surface area contributed by atoms with Crippen LogP contribution in [0.1, 0.15) is 78.6 Å². The Morgan fingerprint density at radius 1 is 1.00 bits per heavy atom. The van der Waals surface area contributed by atoms with Gasteiger partial charge in [-0.25, -0.2) is 0 Å². The highest BCUT2D eigenvalue weighted by molar-refractivity contribution is 5.79. The van der Waals surface area contributed by atoms with Crippen LogP contribution in [-0.4, -0.2) is 41.4 Å². The number of rotatable bonds is 5. The first-order chi connectivity index (χ1) is 13.2. The van der Waals surface area contributed by atoms with Crippen molar-refractivity contribution in [1.82, 2.24) is 0 Å². The molecule has 0 radical (unpaired) electrons. The van der Waals surface area contributed by atoms with E-state index in [1.807, 2.05) is 6.92 Å². The van der Waals surface area contributed by atoms with Crippen LogP contribution in [0.15, 0.2) is 0 Å². The summed E-state index contributed by atoms with van der Waals surface area (Å²) in [6, 6.07) is 0. The summed E-state index contributed by atoms with van der Waals surface area (Å²) in [6.45, 7) is 7.41. The predicted molar refractivity (Wildman–Crippen MR) is 109 cm³/mol. The van der Waals surface area contributed by atoms with Gasteiger partial charge in [-0.15, -0.1) is 0 Å². The average molecular weight is 393 g/mol. The molecule has 0 aliphatic heterocycles. The van der Waals surface area contributed by atoms with E-state index in [4.69, 9.17) is 9.84 Å². The highest BCUT2D eigenvalue weighted by Crippen LogP contribution is 2.68. The highest BCUT2D eigenvalue weighted by Gasteiger charge is 2.61. The van der Waals surface area contributed by atoms with Crippen molar-refractivity contribution < 1.29 is 19.7 Å². The molecule has 4 fully saturated rings. The molecule has 4 aliphatic carbocycles. The molecule has 4 nitrogen and oxygen atoms in total. The predicted octanol–water partition coefficient (Wildman–Crippen LogP) is 3.97. The van der Waals surface area contributed by atoms with E-state index in [-0.39, 0.29) is 17.9 Å². The molecule has 2 unspecified atom stereocenters. The van der Waals surface area contributed by atoms with Crippen LogP contribution in [0.5, 0.6) is 0 Å². The van der Waals surface area contributed by atoms with Gasteiger partial charge in [-0.3, -0.25) is 4.79 Å². The molecule has 0 amide bonds. The van der Waals surface area contributed by atoms with Crippen molar-refractivity contribution in [3.05, 3.63) is 0 Å². The quantitative estimate of drug-likeness (QED) is 0.695. The summed E-state index contributed by atoms with van der Waals surface area (Å²) in [6.07, 6.45) is 10.0. The Bertz CT molecular complexity index is 605. The SMILES string of the molecule is CC(=O)[C@H]1CC[C@H]2[C@@H]3CCC4CC(O)(COCCO)CC[C@]4(C)[C@H]3CC[C@]12C. The van der Waals surface area contributed by atoms with E-state index in [0.29, 0.717) is 36.2 Å². The minimum Gasteiger partial charge on any atom is -0.394 e. The van der Waals surface area contributed by atoms with E-state index in [9.17, 15) is 9.90 Å². The number of Topliss-reactive ketones (excluding diaryl/α,β-unsaturated/α-hetero) is 1. The van der Waals surface area contributed by atoms with Crippen LogP contribution in [0.2, 0.25) is 0 Å². The second-order valence-electron chi connectivity index (χ2n) is 11.1. The summed E-state index contributed by atoms with van der Waals surface area (Å²) in [5, 5.41) is 20.0. The summed E-state index contributed by atoms with van der Waals surface area (Å²) in [5.41, 5.74) is -0.173. The first-order valence-electron chi connectivity index (χ1n) is 11.6. The lowest BCUT2D eigenvalue weighted by Gasteiger charge is -2.62. The smallest absolute Gasteiger partial charge is 0.133 e. The van der Waals surface area contributed by atoms with Crippen LogP contribution in [0.4, 0.5) is 0 Å². The zero-order valence-corrected chi connectivity index (χ0v) is 18.1. The molecule has 0 heterocycles. The molecule has 0 aromatic rings. The number of carbonyl (C=O) groups is 1. The van der Waals surface area contributed by atoms with E-state index in [1.54, 1.807) is 0 Å². The number of hydrogen-bond acceptors (Lipinski definition) is 4. The van der Waals surface area contributed by atoms with Crippen molar-refractivity contribution in [1.29, 1.82) is 0 Å². The van der Waals surface area contributed by atoms with Crippen molar-refractivity contribution in [2.24, 2.45) is 40.4 Å². The van der Waals surface area contributed by atoms with Gasteiger partial charge in [0, 0.05) is 5.92 Å². The summed E-state index contributed by atoms with van der Waals surface area (Å²) in [7, 11) is 0. The maximum atomic E-state index is 12.3. The van der Waals surface area contributed by atoms with Crippen molar-refractivity contribution in [2.75, 3.05) is 19.8 Å². The van der Waals surface area contributed by atoms with Gasteiger partial charge in [0.1, 0.15) is 5.78 Å². The van der Waals surface area contributed by atoms with Crippen LogP contribution in [0.25, 0.3) is 0 Å². The summed E-state index contributed by atoms with van der Waals surface area (Å²) in [5.74, 6) is 3.49. The third kappa shape index (κ3) is 3.18. The fourth-order valence-electron chi connectivity index (χ4n) is 8.45. The molecule has 8 atom stereocenters.